The van der Waals surface area contributed by atoms with Crippen LogP contribution >= 0.6 is 23.2 Å². The molecule has 0 atom stereocenters. The van der Waals surface area contributed by atoms with Crippen LogP contribution in [0.25, 0.3) is 0 Å². The van der Waals surface area contributed by atoms with Gasteiger partial charge in [-0.15, -0.1) is 0 Å². The second-order valence-corrected chi connectivity index (χ2v) is 8.50. The molecule has 2 aromatic rings. The molecule has 0 aliphatic heterocycles. The van der Waals surface area contributed by atoms with Crippen LogP contribution < -0.4 is 20.3 Å². The maximum Gasteiger partial charge on any atom is 0.276 e. The molecule has 0 aromatic heterocycles. The lowest BCUT2D eigenvalue weighted by Crippen LogP contribution is -2.43. The highest BCUT2D eigenvalue weighted by Crippen LogP contribution is 2.31. The summed E-state index contributed by atoms with van der Waals surface area (Å²) in [6, 6.07) is 12.5. The van der Waals surface area contributed by atoms with Gasteiger partial charge in [-0.2, -0.15) is 0 Å². The fourth-order valence-corrected chi connectivity index (χ4v) is 3.06. The maximum absolute atomic E-state index is 12.0. The SMILES string of the molecule is CC(C)(C)c1ccccc1OCC(=O)NNC(=O)CCCOc1ccc(Cl)cc1Cl. The van der Waals surface area contributed by atoms with Crippen LogP contribution in [0, 0.1) is 0 Å². The summed E-state index contributed by atoms with van der Waals surface area (Å²) < 4.78 is 11.1. The summed E-state index contributed by atoms with van der Waals surface area (Å²) in [7, 11) is 0. The van der Waals surface area contributed by atoms with Crippen molar-refractivity contribution in [2.75, 3.05) is 13.2 Å². The molecule has 2 N–H and O–H groups in total. The summed E-state index contributed by atoms with van der Waals surface area (Å²) >= 11 is 11.8. The first-order chi connectivity index (χ1) is 14.2. The molecule has 0 heterocycles. The molecule has 0 spiro atoms. The molecular weight excluding hydrogens is 427 g/mol. The van der Waals surface area contributed by atoms with Crippen LogP contribution in [0.5, 0.6) is 11.5 Å². The summed E-state index contributed by atoms with van der Waals surface area (Å²) in [5.41, 5.74) is 5.60. The lowest BCUT2D eigenvalue weighted by atomic mass is 9.86. The molecule has 6 nitrogen and oxygen atoms in total. The van der Waals surface area contributed by atoms with Crippen molar-refractivity contribution >= 4 is 35.0 Å². The fourth-order valence-electron chi connectivity index (χ4n) is 2.60. The van der Waals surface area contributed by atoms with Crippen LogP contribution in [-0.4, -0.2) is 25.0 Å². The van der Waals surface area contributed by atoms with Crippen LogP contribution in [0.15, 0.2) is 42.5 Å². The van der Waals surface area contributed by atoms with E-state index in [0.29, 0.717) is 34.6 Å². The highest BCUT2D eigenvalue weighted by atomic mass is 35.5. The first kappa shape index (κ1) is 23.8. The van der Waals surface area contributed by atoms with E-state index in [2.05, 4.69) is 31.6 Å². The summed E-state index contributed by atoms with van der Waals surface area (Å²) in [4.78, 5) is 23.8. The number of halogens is 2. The second kappa shape index (κ2) is 11.1. The van der Waals surface area contributed by atoms with Crippen molar-refractivity contribution in [3.05, 3.63) is 58.1 Å². The third-order valence-electron chi connectivity index (χ3n) is 4.09. The number of hydrogen-bond donors (Lipinski definition) is 2. The zero-order valence-corrected chi connectivity index (χ0v) is 18.8. The van der Waals surface area contributed by atoms with Gasteiger partial charge in [0.15, 0.2) is 6.61 Å². The minimum absolute atomic E-state index is 0.112. The van der Waals surface area contributed by atoms with Gasteiger partial charge in [-0.1, -0.05) is 62.2 Å². The number of ether oxygens (including phenoxy) is 2. The molecule has 2 rings (SSSR count). The Labute approximate surface area is 186 Å². The van der Waals surface area contributed by atoms with Crippen molar-refractivity contribution in [1.29, 1.82) is 0 Å². The number of carbonyl (C=O) groups excluding carboxylic acids is 2. The third kappa shape index (κ3) is 7.76. The van der Waals surface area contributed by atoms with Gasteiger partial charge in [0.25, 0.3) is 5.91 Å². The highest BCUT2D eigenvalue weighted by Gasteiger charge is 2.19. The van der Waals surface area contributed by atoms with E-state index in [4.69, 9.17) is 32.7 Å². The first-order valence-electron chi connectivity index (χ1n) is 9.54. The highest BCUT2D eigenvalue weighted by molar-refractivity contribution is 6.35. The monoisotopic (exact) mass is 452 g/mol. The van der Waals surface area contributed by atoms with E-state index in [1.165, 1.54) is 0 Å². The molecule has 0 saturated carbocycles. The van der Waals surface area contributed by atoms with E-state index in [-0.39, 0.29) is 24.3 Å². The number of nitrogens with one attached hydrogen (secondary N) is 2. The van der Waals surface area contributed by atoms with E-state index < -0.39 is 5.91 Å². The fraction of sp³-hybridized carbons (Fsp3) is 0.364. The van der Waals surface area contributed by atoms with Crippen molar-refractivity contribution < 1.29 is 19.1 Å². The van der Waals surface area contributed by atoms with Crippen molar-refractivity contribution in [3.8, 4) is 11.5 Å². The largest absolute Gasteiger partial charge is 0.492 e. The van der Waals surface area contributed by atoms with E-state index in [1.807, 2.05) is 24.3 Å². The Kier molecular flexibility index (Phi) is 8.81. The number of hydrazine groups is 1. The number of carbonyl (C=O) groups is 2. The maximum atomic E-state index is 12.0. The smallest absolute Gasteiger partial charge is 0.276 e. The van der Waals surface area contributed by atoms with Gasteiger partial charge in [0, 0.05) is 11.4 Å². The van der Waals surface area contributed by atoms with Crippen LogP contribution in [0.3, 0.4) is 0 Å². The first-order valence-corrected chi connectivity index (χ1v) is 10.3. The molecule has 0 radical (unpaired) electrons. The molecule has 2 aromatic carbocycles. The number of rotatable bonds is 8. The van der Waals surface area contributed by atoms with Gasteiger partial charge in [-0.05, 0) is 41.7 Å². The minimum atomic E-state index is -0.448. The van der Waals surface area contributed by atoms with Crippen molar-refractivity contribution in [2.45, 2.75) is 39.0 Å². The Hall–Kier alpha value is -2.44. The van der Waals surface area contributed by atoms with Gasteiger partial charge in [-0.25, -0.2) is 0 Å². The van der Waals surface area contributed by atoms with Crippen LogP contribution in [0.2, 0.25) is 10.0 Å². The molecule has 0 aliphatic rings. The van der Waals surface area contributed by atoms with Gasteiger partial charge in [0.1, 0.15) is 11.5 Å². The van der Waals surface area contributed by atoms with E-state index in [0.717, 1.165) is 5.56 Å². The topological polar surface area (TPSA) is 76.7 Å². The second-order valence-electron chi connectivity index (χ2n) is 7.66. The van der Waals surface area contributed by atoms with Gasteiger partial charge in [0.05, 0.1) is 11.6 Å². The van der Waals surface area contributed by atoms with E-state index >= 15 is 0 Å². The standard InChI is InChI=1S/C22H26Cl2N2O4/c1-22(2,3)16-7-4-5-8-18(16)30-14-21(28)26-25-20(27)9-6-12-29-19-11-10-15(23)13-17(19)24/h4-5,7-8,10-11,13H,6,9,12,14H2,1-3H3,(H,25,27)(H,26,28). The molecule has 0 bridgehead atoms. The number of amides is 2. The summed E-state index contributed by atoms with van der Waals surface area (Å²) in [6.07, 6.45) is 0.634. The average molecular weight is 453 g/mol. The molecule has 0 saturated heterocycles. The molecule has 30 heavy (non-hydrogen) atoms. The lowest BCUT2D eigenvalue weighted by molar-refractivity contribution is -0.130. The Morgan fingerprint density at radius 2 is 1.63 bits per heavy atom. The van der Waals surface area contributed by atoms with Crippen LogP contribution in [-0.2, 0) is 15.0 Å². The Balaban J connectivity index is 1.67. The lowest BCUT2D eigenvalue weighted by Gasteiger charge is -2.22. The van der Waals surface area contributed by atoms with Gasteiger partial charge in [-0.3, -0.25) is 20.4 Å². The molecule has 2 amide bonds. The van der Waals surface area contributed by atoms with E-state index in [1.54, 1.807) is 18.2 Å². The van der Waals surface area contributed by atoms with Crippen molar-refractivity contribution in [3.63, 3.8) is 0 Å². The van der Waals surface area contributed by atoms with Crippen LogP contribution in [0.1, 0.15) is 39.2 Å². The van der Waals surface area contributed by atoms with Gasteiger partial charge >= 0.3 is 0 Å². The molecule has 0 aliphatic carbocycles. The van der Waals surface area contributed by atoms with Crippen LogP contribution in [0.4, 0.5) is 0 Å². The quantitative estimate of drug-likeness (QED) is 0.450. The predicted molar refractivity (Wildman–Crippen MR) is 118 cm³/mol. The molecular formula is C22H26Cl2N2O4. The van der Waals surface area contributed by atoms with Gasteiger partial charge < -0.3 is 9.47 Å². The number of benzene rings is 2. The Morgan fingerprint density at radius 1 is 0.933 bits per heavy atom. The zero-order valence-electron chi connectivity index (χ0n) is 17.3. The Bertz CT molecular complexity index is 882. The third-order valence-corrected chi connectivity index (χ3v) is 4.63. The van der Waals surface area contributed by atoms with Crippen molar-refractivity contribution in [1.82, 2.24) is 10.9 Å². The predicted octanol–water partition coefficient (Wildman–Crippen LogP) is 4.68. The average Bonchev–Trinajstić information content (AvgIpc) is 2.69. The van der Waals surface area contributed by atoms with Crippen molar-refractivity contribution in [2.24, 2.45) is 0 Å². The number of hydrogen-bond acceptors (Lipinski definition) is 4. The molecule has 0 unspecified atom stereocenters. The molecule has 0 fully saturated rings. The summed E-state index contributed by atoms with van der Waals surface area (Å²) in [5.74, 6) is 0.368. The van der Waals surface area contributed by atoms with Gasteiger partial charge in [0.2, 0.25) is 5.91 Å². The minimum Gasteiger partial charge on any atom is -0.492 e. The summed E-state index contributed by atoms with van der Waals surface area (Å²) in [5, 5.41) is 0.931. The number of para-hydroxylation sites is 1. The van der Waals surface area contributed by atoms with E-state index in [9.17, 15) is 9.59 Å². The zero-order chi connectivity index (χ0) is 22.1. The molecule has 162 valence electrons. The molecule has 8 heteroatoms. The summed E-state index contributed by atoms with van der Waals surface area (Å²) in [6.45, 7) is 6.31. The normalized spacial score (nSPS) is 11.0. The Morgan fingerprint density at radius 3 is 2.33 bits per heavy atom.